The number of phenols is 1. The van der Waals surface area contributed by atoms with E-state index in [1.165, 1.54) is 11.8 Å². The monoisotopic (exact) mass is 317 g/mol. The van der Waals surface area contributed by atoms with Crippen LogP contribution in [-0.4, -0.2) is 35.8 Å². The van der Waals surface area contributed by atoms with E-state index < -0.39 is 0 Å². The van der Waals surface area contributed by atoms with Crippen LogP contribution in [0, 0.1) is 0 Å². The molecule has 0 unspecified atom stereocenters. The van der Waals surface area contributed by atoms with Gasteiger partial charge in [0, 0.05) is 24.1 Å². The van der Waals surface area contributed by atoms with Crippen LogP contribution < -0.4 is 4.74 Å². The highest BCUT2D eigenvalue weighted by atomic mass is 32.2. The number of nitrogens with zero attached hydrogens (tertiary/aromatic N) is 1. The van der Waals surface area contributed by atoms with E-state index in [0.717, 1.165) is 16.2 Å². The molecule has 2 rings (SSSR count). The molecule has 0 heterocycles. The Bertz CT molecular complexity index is 628. The summed E-state index contributed by atoms with van der Waals surface area (Å²) < 4.78 is 5.30. The normalized spacial score (nSPS) is 10.3. The lowest BCUT2D eigenvalue weighted by Crippen LogP contribution is -2.27. The predicted octanol–water partition coefficient (Wildman–Crippen LogP) is 3.15. The topological polar surface area (TPSA) is 49.8 Å². The molecule has 0 saturated carbocycles. The summed E-state index contributed by atoms with van der Waals surface area (Å²) in [7, 11) is 3.41. The molecule has 116 valence electrons. The van der Waals surface area contributed by atoms with Gasteiger partial charge >= 0.3 is 0 Å². The lowest BCUT2D eigenvalue weighted by molar-refractivity contribution is -0.127. The third-order valence-electron chi connectivity index (χ3n) is 3.22. The third-order valence-corrected chi connectivity index (χ3v) is 4.22. The second kappa shape index (κ2) is 7.75. The van der Waals surface area contributed by atoms with Crippen LogP contribution >= 0.6 is 11.8 Å². The van der Waals surface area contributed by atoms with Gasteiger partial charge in [0.1, 0.15) is 11.5 Å². The zero-order valence-corrected chi connectivity index (χ0v) is 13.5. The number of hydrogen-bond acceptors (Lipinski definition) is 4. The molecule has 5 heteroatoms. The predicted molar refractivity (Wildman–Crippen MR) is 88.3 cm³/mol. The highest BCUT2D eigenvalue weighted by Crippen LogP contribution is 2.22. The second-order valence-corrected chi connectivity index (χ2v) is 5.89. The molecule has 0 fully saturated rings. The van der Waals surface area contributed by atoms with E-state index in [-0.39, 0.29) is 11.7 Å². The van der Waals surface area contributed by atoms with Crippen molar-refractivity contribution < 1.29 is 14.6 Å². The van der Waals surface area contributed by atoms with E-state index in [9.17, 15) is 9.90 Å². The highest BCUT2D eigenvalue weighted by Gasteiger charge is 2.12. The molecule has 0 aliphatic heterocycles. The van der Waals surface area contributed by atoms with Crippen LogP contribution in [0.3, 0.4) is 0 Å². The van der Waals surface area contributed by atoms with Gasteiger partial charge in [0.25, 0.3) is 0 Å². The quantitative estimate of drug-likeness (QED) is 0.832. The Morgan fingerprint density at radius 3 is 2.55 bits per heavy atom. The standard InChI is InChI=1S/C17H19NO3S/c1-18(11-13-5-3-4-6-16(13)21-2)17(20)12-22-15-9-7-14(19)8-10-15/h3-10,19H,11-12H2,1-2H3. The Morgan fingerprint density at radius 2 is 1.86 bits per heavy atom. The first-order valence-electron chi connectivity index (χ1n) is 6.88. The van der Waals surface area contributed by atoms with Gasteiger partial charge in [0.2, 0.25) is 5.91 Å². The Morgan fingerprint density at radius 1 is 1.18 bits per heavy atom. The van der Waals surface area contributed by atoms with Crippen LogP contribution in [0.25, 0.3) is 0 Å². The Hall–Kier alpha value is -2.14. The molecule has 0 spiro atoms. The molecule has 0 saturated heterocycles. The fraction of sp³-hybridized carbons (Fsp3) is 0.235. The van der Waals surface area contributed by atoms with Gasteiger partial charge in [-0.3, -0.25) is 4.79 Å². The maximum atomic E-state index is 12.2. The lowest BCUT2D eigenvalue weighted by atomic mass is 10.2. The lowest BCUT2D eigenvalue weighted by Gasteiger charge is -2.18. The van der Waals surface area contributed by atoms with Crippen LogP contribution in [0.2, 0.25) is 0 Å². The minimum atomic E-state index is 0.0454. The van der Waals surface area contributed by atoms with Crippen molar-refractivity contribution in [3.8, 4) is 11.5 Å². The first-order chi connectivity index (χ1) is 10.6. The van der Waals surface area contributed by atoms with E-state index >= 15 is 0 Å². The Kier molecular flexibility index (Phi) is 5.72. The van der Waals surface area contributed by atoms with Crippen molar-refractivity contribution >= 4 is 17.7 Å². The highest BCUT2D eigenvalue weighted by molar-refractivity contribution is 8.00. The summed E-state index contributed by atoms with van der Waals surface area (Å²) in [6, 6.07) is 14.5. The molecule has 1 amide bonds. The van der Waals surface area contributed by atoms with Crippen molar-refractivity contribution in [1.29, 1.82) is 0 Å². The zero-order valence-electron chi connectivity index (χ0n) is 12.7. The summed E-state index contributed by atoms with van der Waals surface area (Å²) in [4.78, 5) is 14.8. The van der Waals surface area contributed by atoms with Gasteiger partial charge in [-0.25, -0.2) is 0 Å². The van der Waals surface area contributed by atoms with Gasteiger partial charge < -0.3 is 14.7 Å². The van der Waals surface area contributed by atoms with E-state index in [2.05, 4.69) is 0 Å². The average Bonchev–Trinajstić information content (AvgIpc) is 2.54. The summed E-state index contributed by atoms with van der Waals surface area (Å²) in [6.45, 7) is 0.513. The summed E-state index contributed by atoms with van der Waals surface area (Å²) in [5.41, 5.74) is 0.982. The van der Waals surface area contributed by atoms with Crippen LogP contribution in [0.4, 0.5) is 0 Å². The van der Waals surface area contributed by atoms with Crippen molar-refractivity contribution in [2.75, 3.05) is 19.9 Å². The fourth-order valence-corrected chi connectivity index (χ4v) is 2.81. The van der Waals surface area contributed by atoms with Crippen molar-refractivity contribution in [2.24, 2.45) is 0 Å². The molecule has 0 aromatic heterocycles. The number of benzene rings is 2. The molecule has 1 N–H and O–H groups in total. The molecule has 2 aromatic rings. The Labute approximate surface area is 134 Å². The van der Waals surface area contributed by atoms with Crippen LogP contribution in [0.5, 0.6) is 11.5 Å². The number of aromatic hydroxyl groups is 1. The molecule has 0 bridgehead atoms. The van der Waals surface area contributed by atoms with Crippen LogP contribution in [0.1, 0.15) is 5.56 Å². The average molecular weight is 317 g/mol. The van der Waals surface area contributed by atoms with Gasteiger partial charge in [-0.15, -0.1) is 11.8 Å². The SMILES string of the molecule is COc1ccccc1CN(C)C(=O)CSc1ccc(O)cc1. The second-order valence-electron chi connectivity index (χ2n) is 4.84. The molecule has 2 aromatic carbocycles. The van der Waals surface area contributed by atoms with Crippen LogP contribution in [-0.2, 0) is 11.3 Å². The molecule has 0 radical (unpaired) electrons. The minimum absolute atomic E-state index is 0.0454. The number of para-hydroxylation sites is 1. The van der Waals surface area contributed by atoms with Crippen molar-refractivity contribution in [1.82, 2.24) is 4.90 Å². The fourth-order valence-electron chi connectivity index (χ4n) is 1.97. The molecule has 0 aliphatic carbocycles. The van der Waals surface area contributed by atoms with Gasteiger partial charge in [-0.05, 0) is 30.3 Å². The number of phenolic OH excluding ortho intramolecular Hbond substituents is 1. The third kappa shape index (κ3) is 4.43. The molecular weight excluding hydrogens is 298 g/mol. The van der Waals surface area contributed by atoms with Gasteiger partial charge in [-0.1, -0.05) is 18.2 Å². The van der Waals surface area contributed by atoms with Crippen LogP contribution in [0.15, 0.2) is 53.4 Å². The summed E-state index contributed by atoms with van der Waals surface area (Å²) in [5, 5.41) is 9.24. The van der Waals surface area contributed by atoms with E-state index in [1.54, 1.807) is 43.3 Å². The number of rotatable bonds is 6. The van der Waals surface area contributed by atoms with E-state index in [0.29, 0.717) is 12.3 Å². The number of amides is 1. The molecule has 0 atom stereocenters. The van der Waals surface area contributed by atoms with Gasteiger partial charge in [0.15, 0.2) is 0 Å². The number of hydrogen-bond donors (Lipinski definition) is 1. The van der Waals surface area contributed by atoms with Crippen molar-refractivity contribution in [3.63, 3.8) is 0 Å². The smallest absolute Gasteiger partial charge is 0.232 e. The van der Waals surface area contributed by atoms with Crippen molar-refractivity contribution in [3.05, 3.63) is 54.1 Å². The largest absolute Gasteiger partial charge is 0.508 e. The summed E-state index contributed by atoms with van der Waals surface area (Å²) in [6.07, 6.45) is 0. The molecule has 22 heavy (non-hydrogen) atoms. The maximum Gasteiger partial charge on any atom is 0.232 e. The number of thioether (sulfide) groups is 1. The molecule has 0 aliphatic rings. The molecular formula is C17H19NO3S. The molecule has 4 nitrogen and oxygen atoms in total. The first-order valence-corrected chi connectivity index (χ1v) is 7.86. The van der Waals surface area contributed by atoms with E-state index in [1.807, 2.05) is 24.3 Å². The zero-order chi connectivity index (χ0) is 15.9. The van der Waals surface area contributed by atoms with Gasteiger partial charge in [-0.2, -0.15) is 0 Å². The summed E-state index contributed by atoms with van der Waals surface area (Å²) >= 11 is 1.45. The minimum Gasteiger partial charge on any atom is -0.508 e. The van der Waals surface area contributed by atoms with Gasteiger partial charge in [0.05, 0.1) is 12.9 Å². The maximum absolute atomic E-state index is 12.2. The van der Waals surface area contributed by atoms with E-state index in [4.69, 9.17) is 4.74 Å². The number of carbonyl (C=O) groups is 1. The number of carbonyl (C=O) groups excluding carboxylic acids is 1. The Balaban J connectivity index is 1.90. The number of methoxy groups -OCH3 is 1. The first kappa shape index (κ1) is 16.2. The summed E-state index contributed by atoms with van der Waals surface area (Å²) in [5.74, 6) is 1.41. The number of ether oxygens (including phenoxy) is 1. The van der Waals surface area contributed by atoms with Crippen molar-refractivity contribution in [2.45, 2.75) is 11.4 Å².